The fraction of sp³-hybridized carbons (Fsp3) is 0.444. The molecular weight excluding hydrogens is 369 g/mol. The topological polar surface area (TPSA) is 79.4 Å². The van der Waals surface area contributed by atoms with Crippen LogP contribution in [0.1, 0.15) is 13.8 Å². The van der Waals surface area contributed by atoms with Gasteiger partial charge >= 0.3 is 0 Å². The van der Waals surface area contributed by atoms with Crippen LogP contribution in [0.4, 0.5) is 10.2 Å². The van der Waals surface area contributed by atoms with Gasteiger partial charge < -0.3 is 15.0 Å². The van der Waals surface area contributed by atoms with Gasteiger partial charge in [0.1, 0.15) is 28.9 Å². The number of hydrogen-bond acceptors (Lipinski definition) is 6. The highest BCUT2D eigenvalue weighted by Crippen LogP contribution is 2.41. The Bertz CT molecular complexity index is 867. The van der Waals surface area contributed by atoms with E-state index in [1.807, 2.05) is 13.8 Å². The van der Waals surface area contributed by atoms with E-state index in [2.05, 4.69) is 24.9 Å². The van der Waals surface area contributed by atoms with Gasteiger partial charge in [-0.1, -0.05) is 0 Å². The predicted octanol–water partition coefficient (Wildman–Crippen LogP) is 1.84. The summed E-state index contributed by atoms with van der Waals surface area (Å²) in [6.45, 7) is 7.60. The van der Waals surface area contributed by atoms with E-state index in [9.17, 15) is 8.60 Å². The number of rotatable bonds is 6. The second-order valence-corrected chi connectivity index (χ2v) is 8.62. The number of nitrogens with one attached hydrogen (secondary N) is 2. The highest BCUT2D eigenvalue weighted by Gasteiger charge is 2.48. The van der Waals surface area contributed by atoms with Crippen LogP contribution in [0.5, 0.6) is 11.5 Å². The number of aromatic nitrogens is 2. The molecule has 0 radical (unpaired) electrons. The van der Waals surface area contributed by atoms with Gasteiger partial charge in [-0.2, -0.15) is 0 Å². The normalized spacial score (nSPS) is 18.9. The molecule has 2 aliphatic rings. The van der Waals surface area contributed by atoms with E-state index in [1.54, 1.807) is 6.20 Å². The molecule has 0 bridgehead atoms. The third-order valence-electron chi connectivity index (χ3n) is 4.68. The lowest BCUT2D eigenvalue weighted by molar-refractivity contribution is 0.120. The van der Waals surface area contributed by atoms with E-state index in [4.69, 9.17) is 4.74 Å². The molecule has 2 aliphatic heterocycles. The molecule has 2 fully saturated rings. The summed E-state index contributed by atoms with van der Waals surface area (Å²) in [5.74, 6) is 1.01. The van der Waals surface area contributed by atoms with Crippen LogP contribution in [0.3, 0.4) is 0 Å². The van der Waals surface area contributed by atoms with Crippen molar-refractivity contribution in [3.05, 3.63) is 36.5 Å². The molecule has 1 spiro atoms. The summed E-state index contributed by atoms with van der Waals surface area (Å²) in [6, 6.07) is 3.97. The molecule has 7 nitrogen and oxygen atoms in total. The van der Waals surface area contributed by atoms with E-state index in [-0.39, 0.29) is 10.9 Å². The average Bonchev–Trinajstić information content (AvgIpc) is 2.54. The molecule has 1 aromatic carbocycles. The number of anilines is 1. The molecule has 0 amide bonds. The SMILES string of the molecule is CC(C)NS(=O)c1cc(F)ccc1Oc1cncnc1N1CC2(CNC2)C1. The number of benzene rings is 1. The molecule has 3 heterocycles. The zero-order valence-electron chi connectivity index (χ0n) is 15.2. The summed E-state index contributed by atoms with van der Waals surface area (Å²) in [5.41, 5.74) is 0.339. The lowest BCUT2D eigenvalue weighted by Gasteiger charge is -2.56. The third kappa shape index (κ3) is 3.67. The summed E-state index contributed by atoms with van der Waals surface area (Å²) < 4.78 is 35.1. The second kappa shape index (κ2) is 7.14. The first-order chi connectivity index (χ1) is 13.0. The van der Waals surface area contributed by atoms with Crippen LogP contribution in [0.2, 0.25) is 0 Å². The first-order valence-electron chi connectivity index (χ1n) is 8.87. The van der Waals surface area contributed by atoms with Crippen molar-refractivity contribution >= 4 is 16.8 Å². The molecule has 0 saturated carbocycles. The number of nitrogens with zero attached hydrogens (tertiary/aromatic N) is 3. The summed E-state index contributed by atoms with van der Waals surface area (Å²) >= 11 is 0. The van der Waals surface area contributed by atoms with E-state index < -0.39 is 16.8 Å². The van der Waals surface area contributed by atoms with Gasteiger partial charge in [0, 0.05) is 37.6 Å². The Hall–Kier alpha value is -2.10. The molecule has 0 aliphatic carbocycles. The van der Waals surface area contributed by atoms with Crippen LogP contribution < -0.4 is 19.7 Å². The zero-order valence-corrected chi connectivity index (χ0v) is 16.1. The van der Waals surface area contributed by atoms with Crippen molar-refractivity contribution in [2.24, 2.45) is 5.41 Å². The summed E-state index contributed by atoms with van der Waals surface area (Å²) in [6.07, 6.45) is 3.06. The minimum atomic E-state index is -1.60. The van der Waals surface area contributed by atoms with Crippen LogP contribution in [0.15, 0.2) is 35.6 Å². The average molecular weight is 391 g/mol. The fourth-order valence-electron chi connectivity index (χ4n) is 3.34. The van der Waals surface area contributed by atoms with Gasteiger partial charge in [0.15, 0.2) is 11.6 Å². The van der Waals surface area contributed by atoms with Crippen LogP contribution >= 0.6 is 0 Å². The number of hydrogen-bond donors (Lipinski definition) is 2. The van der Waals surface area contributed by atoms with Gasteiger partial charge in [-0.25, -0.2) is 23.3 Å². The van der Waals surface area contributed by atoms with Crippen LogP contribution in [-0.4, -0.2) is 46.4 Å². The Balaban J connectivity index is 1.59. The minimum Gasteiger partial charge on any atom is -0.451 e. The molecule has 9 heteroatoms. The fourth-order valence-corrected chi connectivity index (χ4v) is 4.41. The number of halogens is 1. The van der Waals surface area contributed by atoms with Gasteiger partial charge in [0.2, 0.25) is 0 Å². The van der Waals surface area contributed by atoms with Crippen molar-refractivity contribution in [3.63, 3.8) is 0 Å². The quantitative estimate of drug-likeness (QED) is 0.782. The standard InChI is InChI=1S/C18H22FN5O2S/c1-12(2)23-27(25)16-5-13(19)3-4-14(16)26-15-6-20-11-22-17(15)24-9-18(10-24)7-21-8-18/h3-6,11-12,21,23H,7-10H2,1-2H3. The van der Waals surface area contributed by atoms with Gasteiger partial charge in [0.25, 0.3) is 0 Å². The van der Waals surface area contributed by atoms with Crippen molar-refractivity contribution < 1.29 is 13.3 Å². The predicted molar refractivity (Wildman–Crippen MR) is 101 cm³/mol. The van der Waals surface area contributed by atoms with E-state index in [1.165, 1.54) is 24.5 Å². The summed E-state index contributed by atoms with van der Waals surface area (Å²) in [5, 5.41) is 3.30. The van der Waals surface area contributed by atoms with E-state index in [0.717, 1.165) is 26.2 Å². The molecule has 2 saturated heterocycles. The highest BCUT2D eigenvalue weighted by atomic mass is 32.2. The van der Waals surface area contributed by atoms with Gasteiger partial charge in [-0.05, 0) is 32.0 Å². The van der Waals surface area contributed by atoms with Gasteiger partial charge in [-0.3, -0.25) is 0 Å². The molecule has 2 aromatic rings. The Labute approximate surface area is 159 Å². The minimum absolute atomic E-state index is 0.0223. The highest BCUT2D eigenvalue weighted by molar-refractivity contribution is 7.83. The molecule has 1 unspecified atom stereocenters. The van der Waals surface area contributed by atoms with Crippen molar-refractivity contribution in [1.82, 2.24) is 20.0 Å². The molecule has 2 N–H and O–H groups in total. The zero-order chi connectivity index (χ0) is 19.0. The van der Waals surface area contributed by atoms with Gasteiger partial charge in [0.05, 0.1) is 11.1 Å². The van der Waals surface area contributed by atoms with E-state index in [0.29, 0.717) is 22.7 Å². The van der Waals surface area contributed by atoms with Crippen molar-refractivity contribution in [1.29, 1.82) is 0 Å². The smallest absolute Gasteiger partial charge is 0.188 e. The maximum absolute atomic E-state index is 13.7. The molecule has 27 heavy (non-hydrogen) atoms. The maximum atomic E-state index is 13.7. The molecule has 1 aromatic heterocycles. The van der Waals surface area contributed by atoms with Crippen LogP contribution in [0, 0.1) is 11.2 Å². The Morgan fingerprint density at radius 2 is 2.11 bits per heavy atom. The van der Waals surface area contributed by atoms with Crippen molar-refractivity contribution in [2.45, 2.75) is 24.8 Å². The lowest BCUT2D eigenvalue weighted by Crippen LogP contribution is -2.71. The molecule has 4 rings (SSSR count). The largest absolute Gasteiger partial charge is 0.451 e. The van der Waals surface area contributed by atoms with Crippen LogP contribution in [-0.2, 0) is 11.0 Å². The van der Waals surface area contributed by atoms with Crippen molar-refractivity contribution in [3.8, 4) is 11.5 Å². The lowest BCUT2D eigenvalue weighted by atomic mass is 9.74. The monoisotopic (exact) mass is 391 g/mol. The van der Waals surface area contributed by atoms with E-state index >= 15 is 0 Å². The maximum Gasteiger partial charge on any atom is 0.188 e. The molecular formula is C18H22FN5O2S. The first kappa shape index (κ1) is 18.3. The first-order valence-corrected chi connectivity index (χ1v) is 10.0. The Morgan fingerprint density at radius 3 is 2.78 bits per heavy atom. The Morgan fingerprint density at radius 1 is 1.33 bits per heavy atom. The number of ether oxygens (including phenoxy) is 1. The molecule has 144 valence electrons. The third-order valence-corrected chi connectivity index (χ3v) is 6.08. The Kier molecular flexibility index (Phi) is 4.83. The van der Waals surface area contributed by atoms with Gasteiger partial charge in [-0.15, -0.1) is 0 Å². The summed E-state index contributed by atoms with van der Waals surface area (Å²) in [4.78, 5) is 10.8. The van der Waals surface area contributed by atoms with Crippen LogP contribution in [0.25, 0.3) is 0 Å². The summed E-state index contributed by atoms with van der Waals surface area (Å²) in [7, 11) is -1.60. The molecule has 1 atom stereocenters. The second-order valence-electron chi connectivity index (χ2n) is 7.40. The van der Waals surface area contributed by atoms with Crippen molar-refractivity contribution in [2.75, 3.05) is 31.1 Å².